The van der Waals surface area contributed by atoms with Crippen LogP contribution in [0, 0.1) is 11.8 Å². The van der Waals surface area contributed by atoms with Crippen molar-refractivity contribution in [3.8, 4) is 0 Å². The number of alkyl halides is 1. The van der Waals surface area contributed by atoms with Crippen LogP contribution >= 0.6 is 11.6 Å². The molecule has 3 unspecified atom stereocenters. The second-order valence-electron chi connectivity index (χ2n) is 6.25. The summed E-state index contributed by atoms with van der Waals surface area (Å²) < 4.78 is 10.9. The summed E-state index contributed by atoms with van der Waals surface area (Å²) in [7, 11) is 0. The topological polar surface area (TPSA) is 18.5 Å². The number of hydrogen-bond donors (Lipinski definition) is 0. The minimum absolute atomic E-state index is 0.297. The molecule has 0 N–H and O–H groups in total. The lowest BCUT2D eigenvalue weighted by Crippen LogP contribution is -2.09. The van der Waals surface area contributed by atoms with Gasteiger partial charge in [0.15, 0.2) is 0 Å². The molecule has 0 spiro atoms. The molecule has 0 aliphatic heterocycles. The summed E-state index contributed by atoms with van der Waals surface area (Å²) in [5, 5.41) is 0.297. The Balaban J connectivity index is 3.28. The van der Waals surface area contributed by atoms with Crippen molar-refractivity contribution < 1.29 is 9.47 Å². The van der Waals surface area contributed by atoms with Crippen molar-refractivity contribution in [3.63, 3.8) is 0 Å². The highest BCUT2D eigenvalue weighted by atomic mass is 35.5. The van der Waals surface area contributed by atoms with E-state index in [1.807, 2.05) is 0 Å². The van der Waals surface area contributed by atoms with Gasteiger partial charge in [-0.3, -0.25) is 0 Å². The molecule has 0 aromatic heterocycles. The third kappa shape index (κ3) is 14.6. The third-order valence-electron chi connectivity index (χ3n) is 3.58. The molecule has 3 heteroatoms. The smallest absolute Gasteiger partial charge is 0.146 e. The van der Waals surface area contributed by atoms with Crippen molar-refractivity contribution in [1.29, 1.82) is 0 Å². The number of ether oxygens (including phenoxy) is 2. The van der Waals surface area contributed by atoms with E-state index in [2.05, 4.69) is 27.7 Å². The molecule has 0 rings (SSSR count). The van der Waals surface area contributed by atoms with Crippen LogP contribution in [0.3, 0.4) is 0 Å². The van der Waals surface area contributed by atoms with Crippen molar-refractivity contribution in [3.05, 3.63) is 0 Å². The molecule has 0 aromatic carbocycles. The first kappa shape index (κ1) is 20.2. The highest BCUT2D eigenvalue weighted by molar-refractivity contribution is 6.20. The number of unbranched alkanes of at least 4 members (excludes halogenated alkanes) is 2. The molecule has 0 aromatic rings. The second kappa shape index (κ2) is 14.2. The van der Waals surface area contributed by atoms with Gasteiger partial charge in [0.05, 0.1) is 0 Å². The Bertz CT molecular complexity index is 197. The van der Waals surface area contributed by atoms with Crippen molar-refractivity contribution in [1.82, 2.24) is 0 Å². The fraction of sp³-hybridized carbons (Fsp3) is 1.00. The number of halogens is 1. The first-order valence-corrected chi connectivity index (χ1v) is 8.79. The Kier molecular flexibility index (Phi) is 14.3. The lowest BCUT2D eigenvalue weighted by Gasteiger charge is -2.18. The van der Waals surface area contributed by atoms with Gasteiger partial charge in [0.1, 0.15) is 6.79 Å². The van der Waals surface area contributed by atoms with Crippen molar-refractivity contribution in [2.24, 2.45) is 11.8 Å². The maximum Gasteiger partial charge on any atom is 0.146 e. The number of rotatable bonds is 14. The van der Waals surface area contributed by atoms with Crippen LogP contribution < -0.4 is 0 Å². The van der Waals surface area contributed by atoms with Gasteiger partial charge >= 0.3 is 0 Å². The predicted octanol–water partition coefficient (Wildman–Crippen LogP) is 5.63. The first-order valence-electron chi connectivity index (χ1n) is 8.35. The quantitative estimate of drug-likeness (QED) is 0.235. The summed E-state index contributed by atoms with van der Waals surface area (Å²) in [4.78, 5) is 0. The fourth-order valence-electron chi connectivity index (χ4n) is 2.62. The summed E-state index contributed by atoms with van der Waals surface area (Å²) in [5.41, 5.74) is 0. The Hall–Kier alpha value is 0.210. The van der Waals surface area contributed by atoms with Gasteiger partial charge in [-0.25, -0.2) is 0 Å². The van der Waals surface area contributed by atoms with Gasteiger partial charge in [0.25, 0.3) is 0 Å². The highest BCUT2D eigenvalue weighted by Crippen LogP contribution is 2.21. The normalized spacial score (nSPS) is 16.1. The van der Waals surface area contributed by atoms with E-state index >= 15 is 0 Å². The van der Waals surface area contributed by atoms with Crippen LogP contribution in [0.15, 0.2) is 0 Å². The summed E-state index contributed by atoms with van der Waals surface area (Å²) in [6.07, 6.45) is 8.38. The van der Waals surface area contributed by atoms with Crippen molar-refractivity contribution in [2.75, 3.05) is 20.0 Å². The Morgan fingerprint density at radius 1 is 0.850 bits per heavy atom. The Morgan fingerprint density at radius 2 is 1.50 bits per heavy atom. The van der Waals surface area contributed by atoms with Crippen LogP contribution in [0.25, 0.3) is 0 Å². The van der Waals surface area contributed by atoms with E-state index in [-0.39, 0.29) is 0 Å². The van der Waals surface area contributed by atoms with E-state index in [1.54, 1.807) is 0 Å². The lowest BCUT2D eigenvalue weighted by atomic mass is 9.91. The Labute approximate surface area is 131 Å². The largest absolute Gasteiger partial charge is 0.355 e. The second-order valence-corrected chi connectivity index (χ2v) is 6.99. The molecular formula is C17H35ClO2. The average Bonchev–Trinajstić information content (AvgIpc) is 2.35. The summed E-state index contributed by atoms with van der Waals surface area (Å²) in [6, 6.07) is 0. The number of hydrogen-bond acceptors (Lipinski definition) is 2. The van der Waals surface area contributed by atoms with E-state index in [9.17, 15) is 0 Å². The minimum Gasteiger partial charge on any atom is -0.355 e. The molecule has 20 heavy (non-hydrogen) atoms. The van der Waals surface area contributed by atoms with Crippen LogP contribution in [-0.4, -0.2) is 25.4 Å². The maximum atomic E-state index is 6.03. The van der Waals surface area contributed by atoms with Gasteiger partial charge in [-0.05, 0) is 50.9 Å². The van der Waals surface area contributed by atoms with Crippen LogP contribution in [0.5, 0.6) is 0 Å². The van der Waals surface area contributed by atoms with Crippen molar-refractivity contribution in [2.45, 2.75) is 78.0 Å². The van der Waals surface area contributed by atoms with E-state index < -0.39 is 0 Å². The zero-order chi connectivity index (χ0) is 15.2. The Morgan fingerprint density at radius 3 is 2.10 bits per heavy atom. The molecular weight excluding hydrogens is 272 g/mol. The molecule has 0 aliphatic rings. The third-order valence-corrected chi connectivity index (χ3v) is 3.75. The lowest BCUT2D eigenvalue weighted by molar-refractivity contribution is -0.0560. The van der Waals surface area contributed by atoms with Crippen LogP contribution in [0.1, 0.15) is 72.6 Å². The monoisotopic (exact) mass is 306 g/mol. The molecule has 2 nitrogen and oxygen atoms in total. The molecule has 0 bridgehead atoms. The van der Waals surface area contributed by atoms with E-state index in [1.165, 1.54) is 25.7 Å². The predicted molar refractivity (Wildman–Crippen MR) is 88.4 cm³/mol. The molecule has 3 atom stereocenters. The molecule has 0 saturated heterocycles. The molecule has 0 radical (unpaired) electrons. The van der Waals surface area contributed by atoms with E-state index in [0.717, 1.165) is 44.3 Å². The van der Waals surface area contributed by atoms with Crippen LogP contribution in [0.4, 0.5) is 0 Å². The maximum absolute atomic E-state index is 6.03. The van der Waals surface area contributed by atoms with Gasteiger partial charge in [0, 0.05) is 18.6 Å². The molecule has 0 fully saturated rings. The van der Waals surface area contributed by atoms with Crippen LogP contribution in [0.2, 0.25) is 0 Å². The molecule has 0 amide bonds. The van der Waals surface area contributed by atoms with Crippen LogP contribution in [-0.2, 0) is 9.47 Å². The molecule has 0 aliphatic carbocycles. The average molecular weight is 307 g/mol. The van der Waals surface area contributed by atoms with Gasteiger partial charge in [0.2, 0.25) is 0 Å². The van der Waals surface area contributed by atoms with Gasteiger partial charge < -0.3 is 9.47 Å². The molecule has 0 heterocycles. The summed E-state index contributed by atoms with van der Waals surface area (Å²) in [6.45, 7) is 11.0. The summed E-state index contributed by atoms with van der Waals surface area (Å²) >= 11 is 6.03. The fourth-order valence-corrected chi connectivity index (χ4v) is 2.92. The van der Waals surface area contributed by atoms with Crippen molar-refractivity contribution >= 4 is 11.6 Å². The zero-order valence-electron chi connectivity index (χ0n) is 14.0. The first-order chi connectivity index (χ1) is 9.56. The van der Waals surface area contributed by atoms with E-state index in [0.29, 0.717) is 12.2 Å². The summed E-state index contributed by atoms with van der Waals surface area (Å²) in [5.74, 6) is 1.48. The molecule has 122 valence electrons. The zero-order valence-corrected chi connectivity index (χ0v) is 14.8. The SMILES string of the molecule is CCCCCOCOCCCC(C)CC(C)CC(C)Cl. The standard InChI is InChI=1S/C17H35ClO2/c1-5-6-7-10-19-14-20-11-8-9-15(2)12-16(3)13-17(4)18/h15-17H,5-14H2,1-4H3. The highest BCUT2D eigenvalue weighted by Gasteiger charge is 2.11. The van der Waals surface area contributed by atoms with Gasteiger partial charge in [-0.15, -0.1) is 11.6 Å². The minimum atomic E-state index is 0.297. The van der Waals surface area contributed by atoms with Gasteiger partial charge in [-0.2, -0.15) is 0 Å². The molecule has 0 saturated carbocycles. The van der Waals surface area contributed by atoms with E-state index in [4.69, 9.17) is 21.1 Å². The van der Waals surface area contributed by atoms with Gasteiger partial charge in [-0.1, -0.05) is 33.6 Å².